The molecular weight excluding hydrogens is 302 g/mol. The van der Waals surface area contributed by atoms with E-state index in [9.17, 15) is 4.79 Å². The number of nitrogens with zero attached hydrogens (tertiary/aromatic N) is 3. The fraction of sp³-hybridized carbons (Fsp3) is 0.474. The van der Waals surface area contributed by atoms with Crippen molar-refractivity contribution >= 4 is 5.91 Å². The number of carbonyl (C=O) groups excluding carboxylic acids is 1. The first-order valence-electron chi connectivity index (χ1n) is 8.65. The van der Waals surface area contributed by atoms with Crippen LogP contribution in [-0.2, 0) is 17.8 Å². The molecule has 2 aliphatic rings. The van der Waals surface area contributed by atoms with Crippen molar-refractivity contribution in [2.75, 3.05) is 20.2 Å². The van der Waals surface area contributed by atoms with E-state index in [1.165, 1.54) is 0 Å². The van der Waals surface area contributed by atoms with Crippen LogP contribution in [0.3, 0.4) is 0 Å². The number of methoxy groups -OCH3 is 1. The molecule has 24 heavy (non-hydrogen) atoms. The number of fused-ring (bicyclic) bond motifs is 1. The van der Waals surface area contributed by atoms with Crippen LogP contribution in [0.2, 0.25) is 0 Å². The number of imidazole rings is 1. The molecule has 1 aromatic carbocycles. The van der Waals surface area contributed by atoms with Gasteiger partial charge >= 0.3 is 0 Å². The Hall–Kier alpha value is -2.30. The quantitative estimate of drug-likeness (QED) is 0.871. The molecule has 2 atom stereocenters. The van der Waals surface area contributed by atoms with Crippen LogP contribution in [0.1, 0.15) is 19.2 Å². The van der Waals surface area contributed by atoms with Gasteiger partial charge in [-0.25, -0.2) is 4.98 Å². The molecule has 0 N–H and O–H groups in total. The highest BCUT2D eigenvalue weighted by Gasteiger charge is 2.41. The van der Waals surface area contributed by atoms with Crippen molar-refractivity contribution in [1.82, 2.24) is 14.5 Å². The van der Waals surface area contributed by atoms with Gasteiger partial charge in [-0.05, 0) is 36.6 Å². The molecule has 1 aliphatic heterocycles. The van der Waals surface area contributed by atoms with Crippen LogP contribution in [0.25, 0.3) is 11.3 Å². The SMILES string of the molecule is COc1ccc(-c2cnc3n2CCN(C(=O)[C@@H]2C[C@@H]2C)CC3)cc1. The predicted octanol–water partition coefficient (Wildman–Crippen LogP) is 2.60. The summed E-state index contributed by atoms with van der Waals surface area (Å²) in [5.74, 6) is 3.08. The van der Waals surface area contributed by atoms with E-state index >= 15 is 0 Å². The largest absolute Gasteiger partial charge is 0.497 e. The van der Waals surface area contributed by atoms with Gasteiger partial charge in [-0.1, -0.05) is 6.92 Å². The Balaban J connectivity index is 1.54. The summed E-state index contributed by atoms with van der Waals surface area (Å²) in [6, 6.07) is 8.05. The molecule has 5 heteroatoms. The maximum Gasteiger partial charge on any atom is 0.226 e. The summed E-state index contributed by atoms with van der Waals surface area (Å²) < 4.78 is 7.49. The van der Waals surface area contributed by atoms with Crippen LogP contribution >= 0.6 is 0 Å². The zero-order chi connectivity index (χ0) is 16.7. The minimum atomic E-state index is 0.261. The van der Waals surface area contributed by atoms with Gasteiger partial charge in [0.15, 0.2) is 0 Å². The molecule has 1 fully saturated rings. The molecule has 0 spiro atoms. The molecule has 1 saturated carbocycles. The van der Waals surface area contributed by atoms with Gasteiger partial charge < -0.3 is 14.2 Å². The second-order valence-electron chi connectivity index (χ2n) is 6.83. The predicted molar refractivity (Wildman–Crippen MR) is 91.8 cm³/mol. The van der Waals surface area contributed by atoms with Gasteiger partial charge in [0.25, 0.3) is 0 Å². The van der Waals surface area contributed by atoms with Gasteiger partial charge in [-0.2, -0.15) is 0 Å². The molecule has 5 nitrogen and oxygen atoms in total. The third-order valence-electron chi connectivity index (χ3n) is 5.26. The normalized spacial score (nSPS) is 22.7. The summed E-state index contributed by atoms with van der Waals surface area (Å²) in [5, 5.41) is 0. The Morgan fingerprint density at radius 2 is 1.96 bits per heavy atom. The Bertz CT molecular complexity index is 750. The average Bonchev–Trinajstić information content (AvgIpc) is 3.27. The lowest BCUT2D eigenvalue weighted by molar-refractivity contribution is -0.132. The highest BCUT2D eigenvalue weighted by molar-refractivity contribution is 5.81. The fourth-order valence-corrected chi connectivity index (χ4v) is 3.54. The molecule has 4 rings (SSSR count). The van der Waals surface area contributed by atoms with Gasteiger partial charge in [0.05, 0.1) is 19.0 Å². The first kappa shape index (κ1) is 15.2. The third-order valence-corrected chi connectivity index (χ3v) is 5.26. The molecule has 2 heterocycles. The molecule has 0 unspecified atom stereocenters. The molecule has 1 aromatic heterocycles. The van der Waals surface area contributed by atoms with Gasteiger partial charge in [-0.3, -0.25) is 4.79 Å². The van der Waals surface area contributed by atoms with E-state index in [0.29, 0.717) is 11.8 Å². The first-order chi connectivity index (χ1) is 11.7. The Morgan fingerprint density at radius 3 is 2.62 bits per heavy atom. The van der Waals surface area contributed by atoms with E-state index in [1.807, 2.05) is 23.2 Å². The van der Waals surface area contributed by atoms with E-state index in [2.05, 4.69) is 28.6 Å². The zero-order valence-electron chi connectivity index (χ0n) is 14.2. The van der Waals surface area contributed by atoms with Crippen molar-refractivity contribution in [3.63, 3.8) is 0 Å². The number of rotatable bonds is 3. The lowest BCUT2D eigenvalue weighted by Gasteiger charge is -2.20. The number of hydrogen-bond acceptors (Lipinski definition) is 3. The third kappa shape index (κ3) is 2.68. The number of ether oxygens (including phenoxy) is 1. The minimum absolute atomic E-state index is 0.261. The molecule has 0 bridgehead atoms. The average molecular weight is 325 g/mol. The van der Waals surface area contributed by atoms with Crippen molar-refractivity contribution in [3.8, 4) is 17.0 Å². The molecule has 1 aliphatic carbocycles. The van der Waals surface area contributed by atoms with E-state index in [1.54, 1.807) is 7.11 Å². The number of benzene rings is 1. The van der Waals surface area contributed by atoms with Gasteiger partial charge in [-0.15, -0.1) is 0 Å². The summed E-state index contributed by atoms with van der Waals surface area (Å²) in [7, 11) is 1.67. The van der Waals surface area contributed by atoms with Crippen LogP contribution in [-0.4, -0.2) is 40.6 Å². The maximum absolute atomic E-state index is 12.5. The summed E-state index contributed by atoms with van der Waals surface area (Å²) >= 11 is 0. The lowest BCUT2D eigenvalue weighted by atomic mass is 10.1. The van der Waals surface area contributed by atoms with Gasteiger partial charge in [0.1, 0.15) is 11.6 Å². The number of amides is 1. The van der Waals surface area contributed by atoms with Crippen molar-refractivity contribution < 1.29 is 9.53 Å². The molecule has 1 amide bonds. The summed E-state index contributed by atoms with van der Waals surface area (Å²) in [5.41, 5.74) is 2.24. The Morgan fingerprint density at radius 1 is 1.21 bits per heavy atom. The van der Waals surface area contributed by atoms with E-state index in [0.717, 1.165) is 55.3 Å². The lowest BCUT2D eigenvalue weighted by Crippen LogP contribution is -2.35. The highest BCUT2D eigenvalue weighted by atomic mass is 16.5. The standard InChI is InChI=1S/C19H23N3O2/c1-13-11-16(13)19(23)21-8-7-18-20-12-17(22(18)10-9-21)14-3-5-15(24-2)6-4-14/h3-6,12-13,16H,7-11H2,1-2H3/t13-,16+/m0/s1. The topological polar surface area (TPSA) is 47.4 Å². The first-order valence-corrected chi connectivity index (χ1v) is 8.65. The van der Waals surface area contributed by atoms with Gasteiger partial charge in [0.2, 0.25) is 5.91 Å². The monoisotopic (exact) mass is 325 g/mol. The van der Waals surface area contributed by atoms with Crippen LogP contribution < -0.4 is 4.74 Å². The van der Waals surface area contributed by atoms with Gasteiger partial charge in [0, 0.05) is 37.5 Å². The second-order valence-corrected chi connectivity index (χ2v) is 6.83. The number of carbonyl (C=O) groups is 1. The molecular formula is C19H23N3O2. The molecule has 2 aromatic rings. The van der Waals surface area contributed by atoms with Crippen molar-refractivity contribution in [2.45, 2.75) is 26.3 Å². The zero-order valence-corrected chi connectivity index (χ0v) is 14.2. The smallest absolute Gasteiger partial charge is 0.226 e. The van der Waals surface area contributed by atoms with Crippen LogP contribution in [0.5, 0.6) is 5.75 Å². The number of aromatic nitrogens is 2. The number of hydrogen-bond donors (Lipinski definition) is 0. The van der Waals surface area contributed by atoms with E-state index in [4.69, 9.17) is 4.74 Å². The Labute approximate surface area is 142 Å². The van der Waals surface area contributed by atoms with Crippen LogP contribution in [0.15, 0.2) is 30.5 Å². The molecule has 126 valence electrons. The summed E-state index contributed by atoms with van der Waals surface area (Å²) in [6.45, 7) is 4.52. The second kappa shape index (κ2) is 5.96. The van der Waals surface area contributed by atoms with Crippen LogP contribution in [0, 0.1) is 11.8 Å². The maximum atomic E-state index is 12.5. The Kier molecular flexibility index (Phi) is 3.79. The summed E-state index contributed by atoms with van der Waals surface area (Å²) in [6.07, 6.45) is 3.82. The molecule has 0 radical (unpaired) electrons. The molecule has 0 saturated heterocycles. The highest BCUT2D eigenvalue weighted by Crippen LogP contribution is 2.39. The van der Waals surface area contributed by atoms with E-state index < -0.39 is 0 Å². The fourth-order valence-electron chi connectivity index (χ4n) is 3.54. The van der Waals surface area contributed by atoms with E-state index in [-0.39, 0.29) is 5.92 Å². The van der Waals surface area contributed by atoms with Crippen molar-refractivity contribution in [1.29, 1.82) is 0 Å². The van der Waals surface area contributed by atoms with Crippen molar-refractivity contribution in [2.24, 2.45) is 11.8 Å². The summed E-state index contributed by atoms with van der Waals surface area (Å²) in [4.78, 5) is 19.1. The van der Waals surface area contributed by atoms with Crippen LogP contribution in [0.4, 0.5) is 0 Å². The minimum Gasteiger partial charge on any atom is -0.497 e. The van der Waals surface area contributed by atoms with Crippen molar-refractivity contribution in [3.05, 3.63) is 36.3 Å².